The third kappa shape index (κ3) is 3.35. The van der Waals surface area contributed by atoms with Gasteiger partial charge in [0.15, 0.2) is 6.04 Å². The van der Waals surface area contributed by atoms with E-state index in [0.717, 1.165) is 4.90 Å². The molecule has 21 heavy (non-hydrogen) atoms. The largest absolute Gasteiger partial charge is 0.479 e. The molecule has 1 unspecified atom stereocenters. The predicted molar refractivity (Wildman–Crippen MR) is 66.8 cm³/mol. The van der Waals surface area contributed by atoms with Crippen LogP contribution >= 0.6 is 0 Å². The Morgan fingerprint density at radius 3 is 2.48 bits per heavy atom. The summed E-state index contributed by atoms with van der Waals surface area (Å²) < 4.78 is 1.40. The number of piperazine rings is 1. The molecule has 1 aliphatic rings. The van der Waals surface area contributed by atoms with E-state index in [4.69, 9.17) is 0 Å². The number of hydrogen-bond donors (Lipinski definition) is 3. The van der Waals surface area contributed by atoms with Crippen molar-refractivity contribution in [3.63, 3.8) is 0 Å². The second-order valence-corrected chi connectivity index (χ2v) is 4.50. The highest BCUT2D eigenvalue weighted by atomic mass is 16.4. The number of carbonyl (C=O) groups is 4. The van der Waals surface area contributed by atoms with E-state index < -0.39 is 29.9 Å². The standard InChI is InChI=1S/C11H13N5O5/c1-15-3-6(2-12-15)9(10(19)20)14-11(21)16-4-7(17)13-8(18)5-16/h2-3,9H,4-5H2,1H3,(H,14,21)(H,19,20)(H,13,17,18). The summed E-state index contributed by atoms with van der Waals surface area (Å²) in [4.78, 5) is 46.5. The summed E-state index contributed by atoms with van der Waals surface area (Å²) in [5, 5.41) is 17.3. The molecule has 4 amide bonds. The van der Waals surface area contributed by atoms with Crippen LogP contribution in [0.5, 0.6) is 0 Å². The molecule has 1 fully saturated rings. The zero-order valence-corrected chi connectivity index (χ0v) is 11.1. The van der Waals surface area contributed by atoms with Crippen molar-refractivity contribution in [3.8, 4) is 0 Å². The van der Waals surface area contributed by atoms with Gasteiger partial charge in [-0.15, -0.1) is 0 Å². The Balaban J connectivity index is 2.10. The molecule has 0 spiro atoms. The molecule has 0 saturated carbocycles. The van der Waals surface area contributed by atoms with E-state index in [1.165, 1.54) is 17.1 Å². The maximum absolute atomic E-state index is 12.0. The number of hydrogen-bond acceptors (Lipinski definition) is 5. The first-order valence-corrected chi connectivity index (χ1v) is 5.96. The summed E-state index contributed by atoms with van der Waals surface area (Å²) in [5.41, 5.74) is 0.283. The number of carbonyl (C=O) groups excluding carboxylic acids is 3. The first kappa shape index (κ1) is 14.5. The van der Waals surface area contributed by atoms with Crippen LogP contribution < -0.4 is 10.6 Å². The van der Waals surface area contributed by atoms with Gasteiger partial charge in [0.1, 0.15) is 13.1 Å². The molecule has 1 aliphatic heterocycles. The fourth-order valence-electron chi connectivity index (χ4n) is 1.87. The van der Waals surface area contributed by atoms with Gasteiger partial charge in [0.05, 0.1) is 6.20 Å². The average Bonchev–Trinajstić information content (AvgIpc) is 2.80. The Morgan fingerprint density at radius 2 is 2.00 bits per heavy atom. The van der Waals surface area contributed by atoms with Crippen molar-refractivity contribution in [2.24, 2.45) is 7.05 Å². The number of imide groups is 1. The van der Waals surface area contributed by atoms with Gasteiger partial charge in [-0.05, 0) is 0 Å². The van der Waals surface area contributed by atoms with E-state index >= 15 is 0 Å². The molecule has 1 aromatic heterocycles. The summed E-state index contributed by atoms with van der Waals surface area (Å²) in [5.74, 6) is -2.51. The second-order valence-electron chi connectivity index (χ2n) is 4.50. The van der Waals surface area contributed by atoms with Crippen molar-refractivity contribution in [2.75, 3.05) is 13.1 Å². The number of rotatable bonds is 3. The van der Waals surface area contributed by atoms with E-state index in [0.29, 0.717) is 0 Å². The van der Waals surface area contributed by atoms with E-state index in [1.807, 2.05) is 5.32 Å². The van der Waals surface area contributed by atoms with Crippen molar-refractivity contribution in [3.05, 3.63) is 18.0 Å². The number of carboxylic acids is 1. The van der Waals surface area contributed by atoms with Crippen molar-refractivity contribution in [1.29, 1.82) is 0 Å². The zero-order valence-electron chi connectivity index (χ0n) is 11.1. The smallest absolute Gasteiger partial charge is 0.331 e. The number of aliphatic carboxylic acids is 1. The summed E-state index contributed by atoms with van der Waals surface area (Å²) >= 11 is 0. The van der Waals surface area contributed by atoms with Gasteiger partial charge < -0.3 is 15.3 Å². The lowest BCUT2D eigenvalue weighted by Gasteiger charge is -2.26. The molecule has 1 saturated heterocycles. The van der Waals surface area contributed by atoms with Gasteiger partial charge in [0.2, 0.25) is 11.8 Å². The van der Waals surface area contributed by atoms with Gasteiger partial charge in [-0.1, -0.05) is 0 Å². The van der Waals surface area contributed by atoms with Crippen LogP contribution in [-0.4, -0.2) is 56.7 Å². The highest BCUT2D eigenvalue weighted by molar-refractivity contribution is 6.02. The molecule has 1 atom stereocenters. The Labute approximate surface area is 118 Å². The normalized spacial score (nSPS) is 16.3. The quantitative estimate of drug-likeness (QED) is 0.564. The molecular weight excluding hydrogens is 282 g/mol. The Bertz CT molecular complexity index is 594. The van der Waals surface area contributed by atoms with Gasteiger partial charge in [-0.25, -0.2) is 9.59 Å². The molecule has 0 radical (unpaired) electrons. The molecule has 3 N–H and O–H groups in total. The average molecular weight is 295 g/mol. The molecule has 2 heterocycles. The van der Waals surface area contributed by atoms with Gasteiger partial charge in [0, 0.05) is 18.8 Å². The number of nitrogens with one attached hydrogen (secondary N) is 2. The van der Waals surface area contributed by atoms with E-state index in [9.17, 15) is 24.3 Å². The fraction of sp³-hybridized carbons (Fsp3) is 0.364. The topological polar surface area (TPSA) is 134 Å². The van der Waals surface area contributed by atoms with Crippen LogP contribution in [0.1, 0.15) is 11.6 Å². The maximum atomic E-state index is 12.0. The summed E-state index contributed by atoms with van der Waals surface area (Å²) in [6, 6.07) is -2.12. The molecule has 0 bridgehead atoms. The van der Waals surface area contributed by atoms with Crippen molar-refractivity contribution < 1.29 is 24.3 Å². The van der Waals surface area contributed by atoms with Crippen molar-refractivity contribution >= 4 is 23.8 Å². The Hall–Kier alpha value is -2.91. The number of aromatic nitrogens is 2. The highest BCUT2D eigenvalue weighted by Crippen LogP contribution is 2.12. The first-order valence-electron chi connectivity index (χ1n) is 5.96. The SMILES string of the molecule is Cn1cc(C(NC(=O)N2CC(=O)NC(=O)C2)C(=O)O)cn1. The molecule has 10 nitrogen and oxygen atoms in total. The van der Waals surface area contributed by atoms with Crippen LogP contribution in [0, 0.1) is 0 Å². The number of aryl methyl sites for hydroxylation is 1. The Kier molecular flexibility index (Phi) is 3.87. The van der Waals surface area contributed by atoms with Crippen LogP contribution in [0.3, 0.4) is 0 Å². The van der Waals surface area contributed by atoms with Crippen LogP contribution in [0.15, 0.2) is 12.4 Å². The van der Waals surface area contributed by atoms with Crippen molar-refractivity contribution in [1.82, 2.24) is 25.3 Å². The third-order valence-corrected chi connectivity index (χ3v) is 2.81. The lowest BCUT2D eigenvalue weighted by atomic mass is 10.1. The van der Waals surface area contributed by atoms with Crippen LogP contribution in [0.2, 0.25) is 0 Å². The minimum atomic E-state index is -1.31. The number of nitrogens with zero attached hydrogens (tertiary/aromatic N) is 3. The highest BCUT2D eigenvalue weighted by Gasteiger charge is 2.30. The molecule has 0 aliphatic carbocycles. The lowest BCUT2D eigenvalue weighted by molar-refractivity contribution is -0.139. The van der Waals surface area contributed by atoms with Crippen molar-refractivity contribution in [2.45, 2.75) is 6.04 Å². The van der Waals surface area contributed by atoms with E-state index in [-0.39, 0.29) is 18.7 Å². The lowest BCUT2D eigenvalue weighted by Crippen LogP contribution is -2.56. The molecule has 10 heteroatoms. The first-order chi connectivity index (χ1) is 9.86. The summed E-state index contributed by atoms with van der Waals surface area (Å²) in [6.07, 6.45) is 2.76. The number of urea groups is 1. The van der Waals surface area contributed by atoms with Crippen LogP contribution in [0.25, 0.3) is 0 Å². The monoisotopic (exact) mass is 295 g/mol. The molecular formula is C11H13N5O5. The number of carboxylic acid groups (broad SMARTS) is 1. The molecule has 112 valence electrons. The zero-order chi connectivity index (χ0) is 15.6. The van der Waals surface area contributed by atoms with Crippen LogP contribution in [-0.2, 0) is 21.4 Å². The minimum absolute atomic E-state index is 0.283. The Morgan fingerprint density at radius 1 is 1.38 bits per heavy atom. The molecule has 1 aromatic rings. The summed E-state index contributed by atoms with van der Waals surface area (Å²) in [6.45, 7) is -0.617. The predicted octanol–water partition coefficient (Wildman–Crippen LogP) is -1.79. The van der Waals surface area contributed by atoms with Gasteiger partial charge in [-0.2, -0.15) is 5.10 Å². The van der Waals surface area contributed by atoms with E-state index in [1.54, 1.807) is 7.05 Å². The second kappa shape index (κ2) is 5.61. The van der Waals surface area contributed by atoms with Gasteiger partial charge in [0.25, 0.3) is 0 Å². The summed E-state index contributed by atoms with van der Waals surface area (Å²) in [7, 11) is 1.61. The van der Waals surface area contributed by atoms with Gasteiger partial charge >= 0.3 is 12.0 Å². The van der Waals surface area contributed by atoms with E-state index in [2.05, 4.69) is 10.4 Å². The maximum Gasteiger partial charge on any atom is 0.331 e. The van der Waals surface area contributed by atoms with Crippen LogP contribution in [0.4, 0.5) is 4.79 Å². The van der Waals surface area contributed by atoms with Gasteiger partial charge in [-0.3, -0.25) is 19.6 Å². The fourth-order valence-corrected chi connectivity index (χ4v) is 1.87. The molecule has 0 aromatic carbocycles. The minimum Gasteiger partial charge on any atom is -0.479 e. The number of amides is 4. The molecule has 2 rings (SSSR count). The third-order valence-electron chi connectivity index (χ3n) is 2.81.